The van der Waals surface area contributed by atoms with Crippen molar-refractivity contribution in [3.05, 3.63) is 35.9 Å². The van der Waals surface area contributed by atoms with E-state index in [2.05, 4.69) is 16.8 Å². The fraction of sp³-hybridized carbons (Fsp3) is 0.600. The smallest absolute Gasteiger partial charge is 0.0900 e. The molecule has 0 amide bonds. The van der Waals surface area contributed by atoms with Crippen molar-refractivity contribution in [2.45, 2.75) is 12.7 Å². The van der Waals surface area contributed by atoms with E-state index in [4.69, 9.17) is 4.74 Å². The number of hydrogen-bond acceptors (Lipinski definition) is 4. The zero-order valence-electron chi connectivity index (χ0n) is 12.5. The second-order valence-electron chi connectivity index (χ2n) is 5.26. The second-order valence-corrected chi connectivity index (χ2v) is 5.26. The number of likely N-dealkylation sites (N-methyl/N-ethyl adjacent to an activating group) is 1. The number of ether oxygens (including phenoxy) is 1. The van der Waals surface area contributed by atoms with E-state index in [1.54, 1.807) is 0 Å². The Morgan fingerprint density at radius 1 is 1.10 bits per heavy atom. The van der Waals surface area contributed by atoms with E-state index in [1.165, 1.54) is 0 Å². The molecule has 0 aromatic heterocycles. The van der Waals surface area contributed by atoms with Gasteiger partial charge >= 0.3 is 0 Å². The molecule has 1 N–H and O–H groups in total. The first-order valence-corrected chi connectivity index (χ1v) is 6.94. The summed E-state index contributed by atoms with van der Waals surface area (Å²) >= 11 is 0. The van der Waals surface area contributed by atoms with Crippen LogP contribution in [0.4, 0.5) is 0 Å². The van der Waals surface area contributed by atoms with Crippen molar-refractivity contribution in [1.29, 1.82) is 0 Å². The average Bonchev–Trinajstić information content (AvgIpc) is 2.43. The molecule has 0 spiro atoms. The number of nitrogens with zero attached hydrogens (tertiary/aromatic N) is 2. The van der Waals surface area contributed by atoms with E-state index in [-0.39, 0.29) is 24.8 Å². The van der Waals surface area contributed by atoms with Gasteiger partial charge in [-0.25, -0.2) is 0 Å². The van der Waals surface area contributed by atoms with Gasteiger partial charge in [0.2, 0.25) is 0 Å². The van der Waals surface area contributed by atoms with Gasteiger partial charge in [0.05, 0.1) is 19.3 Å². The standard InChI is InChI=1S/C15H24N2O2.2ClH/c1-16-7-9-17(10-8-16)11-15(18)13-19-12-14-5-3-2-4-6-14;;/h2-6,15,18H,7-13H2,1H3;2*1H. The second kappa shape index (κ2) is 11.2. The van der Waals surface area contributed by atoms with Crippen LogP contribution in [-0.2, 0) is 11.3 Å². The lowest BCUT2D eigenvalue weighted by Gasteiger charge is -2.33. The van der Waals surface area contributed by atoms with Crippen molar-refractivity contribution < 1.29 is 9.84 Å². The van der Waals surface area contributed by atoms with Crippen LogP contribution < -0.4 is 0 Å². The molecule has 0 radical (unpaired) electrons. The number of aliphatic hydroxyl groups excluding tert-OH is 1. The average molecular weight is 337 g/mol. The van der Waals surface area contributed by atoms with Crippen LogP contribution in [0.15, 0.2) is 30.3 Å². The first-order valence-electron chi connectivity index (χ1n) is 6.94. The molecule has 21 heavy (non-hydrogen) atoms. The minimum absolute atomic E-state index is 0. The normalized spacial score (nSPS) is 17.6. The molecule has 1 aromatic rings. The summed E-state index contributed by atoms with van der Waals surface area (Å²) < 4.78 is 5.56. The van der Waals surface area contributed by atoms with E-state index >= 15 is 0 Å². The zero-order chi connectivity index (χ0) is 13.5. The molecule has 2 rings (SSSR count). The van der Waals surface area contributed by atoms with E-state index in [1.807, 2.05) is 30.3 Å². The minimum atomic E-state index is -0.396. The summed E-state index contributed by atoms with van der Waals surface area (Å²) in [5.41, 5.74) is 1.15. The highest BCUT2D eigenvalue weighted by Gasteiger charge is 2.16. The molecule has 1 heterocycles. The van der Waals surface area contributed by atoms with Crippen LogP contribution >= 0.6 is 24.8 Å². The predicted octanol–water partition coefficient (Wildman–Crippen LogP) is 1.66. The number of β-amino-alcohol motifs (C(OH)–C–C–N with tert-alkyl or cyclic N) is 1. The van der Waals surface area contributed by atoms with E-state index < -0.39 is 6.10 Å². The van der Waals surface area contributed by atoms with Gasteiger partial charge in [-0.3, -0.25) is 4.90 Å². The summed E-state index contributed by atoms with van der Waals surface area (Å²) in [6.45, 7) is 5.91. The van der Waals surface area contributed by atoms with Crippen molar-refractivity contribution in [2.24, 2.45) is 0 Å². The van der Waals surface area contributed by atoms with Crippen molar-refractivity contribution in [2.75, 3.05) is 46.4 Å². The number of rotatable bonds is 6. The minimum Gasteiger partial charge on any atom is -0.389 e. The maximum Gasteiger partial charge on any atom is 0.0900 e. The van der Waals surface area contributed by atoms with Gasteiger partial charge in [0.1, 0.15) is 0 Å². The summed E-state index contributed by atoms with van der Waals surface area (Å²) in [7, 11) is 2.14. The monoisotopic (exact) mass is 336 g/mol. The van der Waals surface area contributed by atoms with E-state index in [0.717, 1.165) is 31.7 Å². The molecular formula is C15H26Cl2N2O2. The highest BCUT2D eigenvalue weighted by Crippen LogP contribution is 2.03. The molecule has 0 saturated carbocycles. The van der Waals surface area contributed by atoms with Crippen molar-refractivity contribution in [3.63, 3.8) is 0 Å². The van der Waals surface area contributed by atoms with Crippen molar-refractivity contribution in [1.82, 2.24) is 9.80 Å². The van der Waals surface area contributed by atoms with E-state index in [9.17, 15) is 5.11 Å². The molecule has 6 heteroatoms. The van der Waals surface area contributed by atoms with Gasteiger partial charge in [0, 0.05) is 32.7 Å². The lowest BCUT2D eigenvalue weighted by Crippen LogP contribution is -2.47. The SMILES string of the molecule is CN1CCN(CC(O)COCc2ccccc2)CC1.Cl.Cl. The maximum absolute atomic E-state index is 9.97. The lowest BCUT2D eigenvalue weighted by molar-refractivity contribution is 0.00297. The molecular weight excluding hydrogens is 311 g/mol. The van der Waals surface area contributed by atoms with Crippen LogP contribution in [0.5, 0.6) is 0 Å². The quantitative estimate of drug-likeness (QED) is 0.856. The predicted molar refractivity (Wildman–Crippen MR) is 90.5 cm³/mol. The Bertz CT molecular complexity index is 360. The molecule has 1 unspecified atom stereocenters. The maximum atomic E-state index is 9.97. The van der Waals surface area contributed by atoms with Gasteiger partial charge in [-0.05, 0) is 12.6 Å². The molecule has 1 fully saturated rings. The van der Waals surface area contributed by atoms with Gasteiger partial charge in [-0.15, -0.1) is 24.8 Å². The summed E-state index contributed by atoms with van der Waals surface area (Å²) in [6, 6.07) is 10.1. The van der Waals surface area contributed by atoms with Gasteiger partial charge in [-0.2, -0.15) is 0 Å². The highest BCUT2D eigenvalue weighted by molar-refractivity contribution is 5.85. The Morgan fingerprint density at radius 3 is 2.33 bits per heavy atom. The molecule has 1 aromatic carbocycles. The first-order chi connectivity index (χ1) is 9.24. The summed E-state index contributed by atoms with van der Waals surface area (Å²) in [5, 5.41) is 9.97. The fourth-order valence-electron chi connectivity index (χ4n) is 2.27. The molecule has 1 atom stereocenters. The van der Waals surface area contributed by atoms with Crippen LogP contribution in [0, 0.1) is 0 Å². The Morgan fingerprint density at radius 2 is 1.71 bits per heavy atom. The Balaban J connectivity index is 0.00000200. The number of hydrogen-bond donors (Lipinski definition) is 1. The Labute approximate surface area is 139 Å². The molecule has 122 valence electrons. The van der Waals surface area contributed by atoms with Gasteiger partial charge in [-0.1, -0.05) is 30.3 Å². The topological polar surface area (TPSA) is 35.9 Å². The van der Waals surface area contributed by atoms with Crippen LogP contribution in [0.2, 0.25) is 0 Å². The Hall–Kier alpha value is -0.360. The van der Waals surface area contributed by atoms with Crippen molar-refractivity contribution in [3.8, 4) is 0 Å². The Kier molecular flexibility index (Phi) is 11.0. The highest BCUT2D eigenvalue weighted by atomic mass is 35.5. The van der Waals surface area contributed by atoms with E-state index in [0.29, 0.717) is 19.8 Å². The van der Waals surface area contributed by atoms with Crippen LogP contribution in [0.25, 0.3) is 0 Å². The molecule has 0 aliphatic carbocycles. The third-order valence-electron chi connectivity index (χ3n) is 3.49. The zero-order valence-corrected chi connectivity index (χ0v) is 14.1. The lowest BCUT2D eigenvalue weighted by atomic mass is 10.2. The van der Waals surface area contributed by atoms with Crippen molar-refractivity contribution >= 4 is 24.8 Å². The molecule has 0 bridgehead atoms. The van der Waals surface area contributed by atoms with Crippen LogP contribution in [0.3, 0.4) is 0 Å². The fourth-order valence-corrected chi connectivity index (χ4v) is 2.27. The molecule has 1 saturated heterocycles. The third kappa shape index (κ3) is 8.00. The largest absolute Gasteiger partial charge is 0.389 e. The number of benzene rings is 1. The van der Waals surface area contributed by atoms with Gasteiger partial charge in [0.25, 0.3) is 0 Å². The molecule has 1 aliphatic rings. The number of aliphatic hydroxyl groups is 1. The van der Waals surface area contributed by atoms with Crippen LogP contribution in [-0.4, -0.2) is 67.4 Å². The summed E-state index contributed by atoms with van der Waals surface area (Å²) in [6.07, 6.45) is -0.396. The first kappa shape index (κ1) is 20.6. The molecule has 1 aliphatic heterocycles. The summed E-state index contributed by atoms with van der Waals surface area (Å²) in [5.74, 6) is 0. The van der Waals surface area contributed by atoms with Crippen LogP contribution in [0.1, 0.15) is 5.56 Å². The van der Waals surface area contributed by atoms with Gasteiger partial charge in [0.15, 0.2) is 0 Å². The summed E-state index contributed by atoms with van der Waals surface area (Å²) in [4.78, 5) is 4.62. The van der Waals surface area contributed by atoms with Gasteiger partial charge < -0.3 is 14.7 Å². The molecule has 4 nitrogen and oxygen atoms in total. The number of halogens is 2. The number of piperazine rings is 1. The third-order valence-corrected chi connectivity index (χ3v) is 3.49.